The second-order valence-electron chi connectivity index (χ2n) is 10.3. The number of alkyl carbamates (subject to hydrolysis) is 1. The van der Waals surface area contributed by atoms with Gasteiger partial charge in [0.1, 0.15) is 6.10 Å². The zero-order chi connectivity index (χ0) is 27.3. The largest absolute Gasteiger partial charge is 0.443 e. The van der Waals surface area contributed by atoms with Crippen LogP contribution in [0.25, 0.3) is 0 Å². The molecule has 5 atom stereocenters. The van der Waals surface area contributed by atoms with Gasteiger partial charge in [-0.3, -0.25) is 0 Å². The SMILES string of the molecule is CC(C)CN(C[C@@H](O)[C@H](Cc1ccccc1)NC(=O)OC1COC2OCCC12)S(=O)(=O)c1cccc(N)c1. The molecule has 0 saturated carbocycles. The summed E-state index contributed by atoms with van der Waals surface area (Å²) >= 11 is 0. The highest BCUT2D eigenvalue weighted by atomic mass is 32.2. The van der Waals surface area contributed by atoms with Crippen molar-refractivity contribution in [3.63, 3.8) is 0 Å². The van der Waals surface area contributed by atoms with Crippen molar-refractivity contribution in [3.05, 3.63) is 60.2 Å². The summed E-state index contributed by atoms with van der Waals surface area (Å²) in [6, 6.07) is 14.6. The van der Waals surface area contributed by atoms with Crippen LogP contribution in [0, 0.1) is 11.8 Å². The highest BCUT2D eigenvalue weighted by molar-refractivity contribution is 7.89. The quantitative estimate of drug-likeness (QED) is 0.364. The highest BCUT2D eigenvalue weighted by Gasteiger charge is 2.44. The molecule has 2 fully saturated rings. The third kappa shape index (κ3) is 7.03. The molecule has 4 rings (SSSR count). The minimum Gasteiger partial charge on any atom is -0.443 e. The molecule has 0 bridgehead atoms. The fraction of sp³-hybridized carbons (Fsp3) is 0.519. The van der Waals surface area contributed by atoms with Gasteiger partial charge in [0.25, 0.3) is 0 Å². The second-order valence-corrected chi connectivity index (χ2v) is 12.2. The maximum atomic E-state index is 13.5. The number of nitrogen functional groups attached to an aromatic ring is 1. The summed E-state index contributed by atoms with van der Waals surface area (Å²) in [5, 5.41) is 14.1. The summed E-state index contributed by atoms with van der Waals surface area (Å²) in [7, 11) is -3.96. The van der Waals surface area contributed by atoms with E-state index in [1.165, 1.54) is 16.4 Å². The third-order valence-corrected chi connectivity index (χ3v) is 8.59. The first-order valence-electron chi connectivity index (χ1n) is 12.9. The minimum atomic E-state index is -3.96. The molecule has 2 aliphatic rings. The van der Waals surface area contributed by atoms with Crippen LogP contribution in [0.1, 0.15) is 25.8 Å². The number of aliphatic hydroxyl groups excluding tert-OH is 1. The van der Waals surface area contributed by atoms with Crippen molar-refractivity contribution in [1.29, 1.82) is 0 Å². The summed E-state index contributed by atoms with van der Waals surface area (Å²) in [4.78, 5) is 13.0. The Hall–Kier alpha value is -2.70. The molecule has 0 aromatic heterocycles. The number of ether oxygens (including phenoxy) is 3. The Morgan fingerprint density at radius 1 is 1.16 bits per heavy atom. The van der Waals surface area contributed by atoms with Crippen LogP contribution >= 0.6 is 0 Å². The molecule has 38 heavy (non-hydrogen) atoms. The molecule has 3 unspecified atom stereocenters. The Kier molecular flexibility index (Phi) is 9.27. The number of nitrogens with two attached hydrogens (primary N) is 1. The topological polar surface area (TPSA) is 140 Å². The van der Waals surface area contributed by atoms with Gasteiger partial charge in [0, 0.05) is 18.8 Å². The van der Waals surface area contributed by atoms with Gasteiger partial charge in [-0.25, -0.2) is 13.2 Å². The predicted molar refractivity (Wildman–Crippen MR) is 142 cm³/mol. The van der Waals surface area contributed by atoms with Crippen LogP contribution in [0.4, 0.5) is 10.5 Å². The molecule has 4 N–H and O–H groups in total. The molecule has 2 aromatic rings. The van der Waals surface area contributed by atoms with Gasteiger partial charge in [0.05, 0.1) is 36.2 Å². The van der Waals surface area contributed by atoms with Crippen molar-refractivity contribution in [2.45, 2.75) is 56.1 Å². The van der Waals surface area contributed by atoms with E-state index in [1.807, 2.05) is 44.2 Å². The van der Waals surface area contributed by atoms with E-state index >= 15 is 0 Å². The molecule has 10 nitrogen and oxygen atoms in total. The van der Waals surface area contributed by atoms with E-state index < -0.39 is 34.4 Å². The molecule has 2 saturated heterocycles. The number of amides is 1. The Morgan fingerprint density at radius 2 is 1.92 bits per heavy atom. The molecule has 0 aliphatic carbocycles. The highest BCUT2D eigenvalue weighted by Crippen LogP contribution is 2.33. The molecular formula is C27H37N3O7S. The fourth-order valence-electron chi connectivity index (χ4n) is 4.86. The van der Waals surface area contributed by atoms with Gasteiger partial charge in [-0.2, -0.15) is 4.31 Å². The molecular weight excluding hydrogens is 510 g/mol. The summed E-state index contributed by atoms with van der Waals surface area (Å²) in [5.74, 6) is -0.0318. The van der Waals surface area contributed by atoms with Crippen LogP contribution in [0.2, 0.25) is 0 Å². The van der Waals surface area contributed by atoms with Crippen molar-refractivity contribution in [2.24, 2.45) is 11.8 Å². The Labute approximate surface area is 224 Å². The van der Waals surface area contributed by atoms with Crippen molar-refractivity contribution in [2.75, 3.05) is 32.0 Å². The van der Waals surface area contributed by atoms with Crippen molar-refractivity contribution in [3.8, 4) is 0 Å². The van der Waals surface area contributed by atoms with Crippen LogP contribution in [0.3, 0.4) is 0 Å². The van der Waals surface area contributed by atoms with E-state index in [4.69, 9.17) is 19.9 Å². The number of nitrogens with one attached hydrogen (secondary N) is 1. The van der Waals surface area contributed by atoms with E-state index in [2.05, 4.69) is 5.32 Å². The first-order valence-corrected chi connectivity index (χ1v) is 14.4. The number of benzene rings is 2. The summed E-state index contributed by atoms with van der Waals surface area (Å²) in [6.45, 7) is 4.55. The van der Waals surface area contributed by atoms with Crippen LogP contribution in [-0.4, -0.2) is 74.8 Å². The number of fused-ring (bicyclic) bond motifs is 1. The second kappa shape index (κ2) is 12.4. The molecule has 1 amide bonds. The van der Waals surface area contributed by atoms with E-state index in [-0.39, 0.29) is 49.1 Å². The zero-order valence-corrected chi connectivity index (χ0v) is 22.5. The molecule has 2 aromatic carbocycles. The lowest BCUT2D eigenvalue weighted by Crippen LogP contribution is -2.51. The van der Waals surface area contributed by atoms with Crippen molar-refractivity contribution in [1.82, 2.24) is 9.62 Å². The smallest absolute Gasteiger partial charge is 0.407 e. The summed E-state index contributed by atoms with van der Waals surface area (Å²) < 4.78 is 45.0. The minimum absolute atomic E-state index is 0.00697. The molecule has 208 valence electrons. The molecule has 2 heterocycles. The van der Waals surface area contributed by atoms with Gasteiger partial charge in [0.2, 0.25) is 10.0 Å². The number of hydrogen-bond donors (Lipinski definition) is 3. The van der Waals surface area contributed by atoms with Gasteiger partial charge in [-0.05, 0) is 42.5 Å². The number of sulfonamides is 1. The number of nitrogens with zero attached hydrogens (tertiary/aromatic N) is 1. The average molecular weight is 548 g/mol. The maximum absolute atomic E-state index is 13.5. The summed E-state index contributed by atoms with van der Waals surface area (Å²) in [5.41, 5.74) is 7.04. The van der Waals surface area contributed by atoms with E-state index in [0.29, 0.717) is 12.3 Å². The van der Waals surface area contributed by atoms with E-state index in [9.17, 15) is 18.3 Å². The van der Waals surface area contributed by atoms with Gasteiger partial charge in [0.15, 0.2) is 6.29 Å². The predicted octanol–water partition coefficient (Wildman–Crippen LogP) is 2.38. The number of rotatable bonds is 11. The molecule has 2 aliphatic heterocycles. The van der Waals surface area contributed by atoms with Crippen LogP contribution in [0.15, 0.2) is 59.5 Å². The summed E-state index contributed by atoms with van der Waals surface area (Å²) in [6.07, 6.45) is -1.70. The monoisotopic (exact) mass is 547 g/mol. The van der Waals surface area contributed by atoms with Gasteiger partial charge < -0.3 is 30.4 Å². The van der Waals surface area contributed by atoms with Crippen molar-refractivity contribution < 1.29 is 32.5 Å². The lowest BCUT2D eigenvalue weighted by molar-refractivity contribution is -0.0907. The maximum Gasteiger partial charge on any atom is 0.407 e. The van der Waals surface area contributed by atoms with Crippen LogP contribution in [-0.2, 0) is 30.7 Å². The fourth-order valence-corrected chi connectivity index (χ4v) is 6.54. The molecule has 0 spiro atoms. The van der Waals surface area contributed by atoms with Gasteiger partial charge in [-0.1, -0.05) is 50.2 Å². The lowest BCUT2D eigenvalue weighted by Gasteiger charge is -2.31. The van der Waals surface area contributed by atoms with Crippen LogP contribution < -0.4 is 11.1 Å². The Balaban J connectivity index is 1.51. The number of carbonyl (C=O) groups excluding carboxylic acids is 1. The molecule has 0 radical (unpaired) electrons. The number of aliphatic hydroxyl groups is 1. The number of anilines is 1. The first kappa shape index (κ1) is 28.3. The van der Waals surface area contributed by atoms with E-state index in [1.54, 1.807) is 12.1 Å². The van der Waals surface area contributed by atoms with Gasteiger partial charge in [-0.15, -0.1) is 0 Å². The van der Waals surface area contributed by atoms with Gasteiger partial charge >= 0.3 is 6.09 Å². The standard InChI is InChI=1S/C27H37N3O7S/c1-18(2)15-30(38(33,34)21-10-6-9-20(28)14-21)16-24(31)23(13-19-7-4-3-5-8-19)29-27(32)37-25-17-36-26-22(25)11-12-35-26/h3-10,14,18,22-26,31H,11-13,15-17,28H2,1-2H3,(H,29,32)/t22?,23-,24+,25?,26?/m0/s1. The average Bonchev–Trinajstić information content (AvgIpc) is 3.49. The van der Waals surface area contributed by atoms with E-state index in [0.717, 1.165) is 12.0 Å². The zero-order valence-electron chi connectivity index (χ0n) is 21.7. The number of hydrogen-bond acceptors (Lipinski definition) is 8. The number of carbonyl (C=O) groups is 1. The Bertz CT molecular complexity index is 1180. The lowest BCUT2D eigenvalue weighted by atomic mass is 10.0. The Morgan fingerprint density at radius 3 is 2.63 bits per heavy atom. The first-order chi connectivity index (χ1) is 18.1. The molecule has 11 heteroatoms. The van der Waals surface area contributed by atoms with Crippen molar-refractivity contribution >= 4 is 21.8 Å². The third-order valence-electron chi connectivity index (χ3n) is 6.77. The van der Waals surface area contributed by atoms with Crippen LogP contribution in [0.5, 0.6) is 0 Å². The normalized spacial score (nSPS) is 22.8.